The van der Waals surface area contributed by atoms with E-state index in [1.807, 2.05) is 6.92 Å². The highest BCUT2D eigenvalue weighted by molar-refractivity contribution is 8.00. The minimum atomic E-state index is -3.62. The third-order valence-electron chi connectivity index (χ3n) is 4.47. The largest absolute Gasteiger partial charge is 0.371 e. The molecule has 2 rings (SSSR count). The van der Waals surface area contributed by atoms with Gasteiger partial charge in [0.05, 0.1) is 17.0 Å². The zero-order valence-electron chi connectivity index (χ0n) is 17.5. The van der Waals surface area contributed by atoms with Crippen molar-refractivity contribution in [1.82, 2.24) is 9.71 Å². The van der Waals surface area contributed by atoms with Gasteiger partial charge in [-0.3, -0.25) is 4.79 Å². The van der Waals surface area contributed by atoms with Gasteiger partial charge in [-0.05, 0) is 36.7 Å². The predicted molar refractivity (Wildman–Crippen MR) is 119 cm³/mol. The fourth-order valence-electron chi connectivity index (χ4n) is 2.90. The van der Waals surface area contributed by atoms with Crippen LogP contribution in [-0.2, 0) is 21.2 Å². The van der Waals surface area contributed by atoms with Gasteiger partial charge in [0.2, 0.25) is 21.6 Å². The Morgan fingerprint density at radius 2 is 2.00 bits per heavy atom. The predicted octanol–water partition coefficient (Wildman–Crippen LogP) is 2.36. The van der Waals surface area contributed by atoms with Crippen molar-refractivity contribution in [3.8, 4) is 6.07 Å². The SMILES string of the molecule is [C-]#[N+]c1c(N(C)C)nc(SC(C(N)=O)c2ccc(S(=O)(=O)NC)cc2)c(C#N)c1CC. The Balaban J connectivity index is 2.60. The lowest BCUT2D eigenvalue weighted by Crippen LogP contribution is -2.21. The Labute approximate surface area is 186 Å². The van der Waals surface area contributed by atoms with Crippen LogP contribution in [0, 0.1) is 17.9 Å². The Hall–Kier alpha value is -3.12. The van der Waals surface area contributed by atoms with E-state index in [4.69, 9.17) is 12.3 Å². The zero-order valence-corrected chi connectivity index (χ0v) is 19.1. The number of amides is 1. The lowest BCUT2D eigenvalue weighted by atomic mass is 10.1. The zero-order chi connectivity index (χ0) is 23.3. The van der Waals surface area contributed by atoms with Gasteiger partial charge >= 0.3 is 0 Å². The van der Waals surface area contributed by atoms with Crippen LogP contribution in [0.15, 0.2) is 34.2 Å². The van der Waals surface area contributed by atoms with Crippen LogP contribution in [0.1, 0.15) is 28.9 Å². The minimum absolute atomic E-state index is 0.0485. The van der Waals surface area contributed by atoms with Gasteiger partial charge in [-0.1, -0.05) is 30.8 Å². The first-order valence-corrected chi connectivity index (χ1v) is 11.5. The molecule has 0 aliphatic heterocycles. The first kappa shape index (κ1) is 24.2. The van der Waals surface area contributed by atoms with E-state index in [9.17, 15) is 18.5 Å². The van der Waals surface area contributed by atoms with Gasteiger partial charge < -0.3 is 10.6 Å². The van der Waals surface area contributed by atoms with Crippen LogP contribution in [0.3, 0.4) is 0 Å². The second-order valence-corrected chi connectivity index (χ2v) is 9.57. The van der Waals surface area contributed by atoms with Gasteiger partial charge in [0.1, 0.15) is 22.2 Å². The lowest BCUT2D eigenvalue weighted by molar-refractivity contribution is -0.117. The van der Waals surface area contributed by atoms with E-state index in [1.165, 1.54) is 31.3 Å². The molecule has 11 heteroatoms. The third kappa shape index (κ3) is 4.97. The standard InChI is InChI=1S/C20H22N6O3S2/c1-6-14-15(11-21)20(25-19(26(4)5)16(14)23-2)30-17(18(22)27)12-7-9-13(10-8-12)31(28,29)24-3/h7-10,17,24H,6H2,1,3-5H3,(H2,22,27). The molecule has 2 aromatic rings. The summed E-state index contributed by atoms with van der Waals surface area (Å²) in [5.74, 6) is -0.273. The molecule has 1 atom stereocenters. The van der Waals surface area contributed by atoms with E-state index in [0.29, 0.717) is 29.1 Å². The number of primary amides is 1. The first-order valence-electron chi connectivity index (χ1n) is 9.12. The molecule has 0 bridgehead atoms. The van der Waals surface area contributed by atoms with Crippen LogP contribution in [0.2, 0.25) is 0 Å². The number of rotatable bonds is 8. The van der Waals surface area contributed by atoms with Crippen LogP contribution < -0.4 is 15.4 Å². The molecule has 9 nitrogen and oxygen atoms in total. The number of anilines is 1. The molecule has 1 aromatic heterocycles. The number of nitriles is 1. The number of sulfonamides is 1. The number of nitrogens with zero attached hydrogens (tertiary/aromatic N) is 4. The van der Waals surface area contributed by atoms with E-state index >= 15 is 0 Å². The molecule has 162 valence electrons. The highest BCUT2D eigenvalue weighted by atomic mass is 32.2. The molecule has 0 saturated carbocycles. The van der Waals surface area contributed by atoms with Crippen LogP contribution in [0.4, 0.5) is 11.5 Å². The summed E-state index contributed by atoms with van der Waals surface area (Å²) in [7, 11) is 1.16. The number of pyridine rings is 1. The average molecular weight is 459 g/mol. The van der Waals surface area contributed by atoms with Crippen molar-refractivity contribution in [3.63, 3.8) is 0 Å². The molecule has 0 spiro atoms. The number of hydrogen-bond donors (Lipinski definition) is 2. The average Bonchev–Trinajstić information content (AvgIpc) is 2.75. The molecule has 0 aliphatic rings. The second kappa shape index (κ2) is 9.79. The number of nitrogens with two attached hydrogens (primary N) is 1. The summed E-state index contributed by atoms with van der Waals surface area (Å²) in [6, 6.07) is 7.86. The van der Waals surface area contributed by atoms with E-state index in [1.54, 1.807) is 19.0 Å². The fourth-order valence-corrected chi connectivity index (χ4v) is 4.69. The van der Waals surface area contributed by atoms with Crippen molar-refractivity contribution in [3.05, 3.63) is 52.4 Å². The second-order valence-electron chi connectivity index (χ2n) is 6.59. The van der Waals surface area contributed by atoms with Crippen molar-refractivity contribution in [2.45, 2.75) is 28.5 Å². The maximum atomic E-state index is 12.2. The maximum absolute atomic E-state index is 12.2. The van der Waals surface area contributed by atoms with E-state index < -0.39 is 21.2 Å². The Kier molecular flexibility index (Phi) is 7.63. The van der Waals surface area contributed by atoms with Crippen molar-refractivity contribution < 1.29 is 13.2 Å². The summed E-state index contributed by atoms with van der Waals surface area (Å²) >= 11 is 0.998. The molecule has 1 heterocycles. The Morgan fingerprint density at radius 3 is 2.42 bits per heavy atom. The molecular weight excluding hydrogens is 436 g/mol. The molecule has 1 amide bonds. The quantitative estimate of drug-likeness (QED) is 0.458. The van der Waals surface area contributed by atoms with Crippen LogP contribution in [0.5, 0.6) is 0 Å². The molecule has 0 saturated heterocycles. The highest BCUT2D eigenvalue weighted by Gasteiger charge is 2.26. The van der Waals surface area contributed by atoms with E-state index in [-0.39, 0.29) is 15.5 Å². The number of aromatic nitrogens is 1. The number of thioether (sulfide) groups is 1. The van der Waals surface area contributed by atoms with Crippen molar-refractivity contribution in [1.29, 1.82) is 5.26 Å². The van der Waals surface area contributed by atoms with Crippen LogP contribution in [0.25, 0.3) is 4.85 Å². The van der Waals surface area contributed by atoms with Gasteiger partial charge in [0.15, 0.2) is 0 Å². The fraction of sp³-hybridized carbons (Fsp3) is 0.300. The van der Waals surface area contributed by atoms with Crippen LogP contribution >= 0.6 is 11.8 Å². The Morgan fingerprint density at radius 1 is 1.39 bits per heavy atom. The maximum Gasteiger partial charge on any atom is 0.240 e. The summed E-state index contributed by atoms with van der Waals surface area (Å²) in [6.45, 7) is 9.35. The molecule has 1 unspecified atom stereocenters. The van der Waals surface area contributed by atoms with Crippen molar-refractivity contribution in [2.75, 3.05) is 26.0 Å². The van der Waals surface area contributed by atoms with Crippen LogP contribution in [-0.4, -0.2) is 40.5 Å². The number of carbonyl (C=O) groups excluding carboxylic acids is 1. The van der Waals surface area contributed by atoms with E-state index in [0.717, 1.165) is 11.8 Å². The normalized spacial score (nSPS) is 11.9. The Bertz CT molecular complexity index is 1180. The van der Waals surface area contributed by atoms with Gasteiger partial charge in [-0.2, -0.15) is 5.26 Å². The molecular formula is C20H22N6O3S2. The highest BCUT2D eigenvalue weighted by Crippen LogP contribution is 2.42. The van der Waals surface area contributed by atoms with Crippen molar-refractivity contribution >= 4 is 39.2 Å². The summed E-state index contributed by atoms with van der Waals surface area (Å²) < 4.78 is 26.1. The summed E-state index contributed by atoms with van der Waals surface area (Å²) in [4.78, 5) is 22.0. The molecule has 0 aliphatic carbocycles. The van der Waals surface area contributed by atoms with Crippen molar-refractivity contribution in [2.24, 2.45) is 5.73 Å². The summed E-state index contributed by atoms with van der Waals surface area (Å²) in [5.41, 5.74) is 7.17. The first-order chi connectivity index (χ1) is 14.6. The molecule has 31 heavy (non-hydrogen) atoms. The molecule has 0 radical (unpaired) electrons. The number of carbonyl (C=O) groups is 1. The monoisotopic (exact) mass is 458 g/mol. The van der Waals surface area contributed by atoms with Gasteiger partial charge in [-0.25, -0.2) is 23.0 Å². The number of hydrogen-bond acceptors (Lipinski definition) is 7. The van der Waals surface area contributed by atoms with E-state index in [2.05, 4.69) is 20.6 Å². The molecule has 1 aromatic carbocycles. The van der Waals surface area contributed by atoms with Gasteiger partial charge in [0.25, 0.3) is 0 Å². The lowest BCUT2D eigenvalue weighted by Gasteiger charge is -2.20. The summed E-state index contributed by atoms with van der Waals surface area (Å²) in [5, 5.41) is 9.12. The summed E-state index contributed by atoms with van der Waals surface area (Å²) in [6.07, 6.45) is 0.440. The number of benzene rings is 1. The number of nitrogens with one attached hydrogen (secondary N) is 1. The topological polar surface area (TPSA) is 134 Å². The van der Waals surface area contributed by atoms with Gasteiger partial charge in [0, 0.05) is 14.1 Å². The third-order valence-corrected chi connectivity index (χ3v) is 7.16. The smallest absolute Gasteiger partial charge is 0.240 e. The minimum Gasteiger partial charge on any atom is -0.371 e. The molecule has 3 N–H and O–H groups in total. The van der Waals surface area contributed by atoms with Gasteiger partial charge in [-0.15, -0.1) is 0 Å². The molecule has 0 fully saturated rings.